The van der Waals surface area contributed by atoms with Crippen LogP contribution in [0.15, 0.2) is 24.3 Å². The lowest BCUT2D eigenvalue weighted by Gasteiger charge is -2.50. The van der Waals surface area contributed by atoms with Crippen molar-refractivity contribution < 1.29 is 23.1 Å². The molecule has 1 unspecified atom stereocenters. The summed E-state index contributed by atoms with van der Waals surface area (Å²) >= 11 is 0. The monoisotopic (exact) mass is 420 g/mol. The molecule has 2 saturated carbocycles. The van der Waals surface area contributed by atoms with E-state index in [9.17, 15) is 9.59 Å². The second-order valence-electron chi connectivity index (χ2n) is 8.75. The Hall–Kier alpha value is -2.18. The maximum atomic E-state index is 15.7. The minimum absolute atomic E-state index is 0.274. The first-order valence-electron chi connectivity index (χ1n) is 11.1. The van der Waals surface area contributed by atoms with E-state index in [-0.39, 0.29) is 11.6 Å². The maximum Gasteiger partial charge on any atom is 0.349 e. The highest BCUT2D eigenvalue weighted by molar-refractivity contribution is 6.02. The zero-order valence-corrected chi connectivity index (χ0v) is 17.5. The molecule has 0 aromatic heterocycles. The van der Waals surface area contributed by atoms with Crippen LogP contribution in [0.5, 0.6) is 5.75 Å². The van der Waals surface area contributed by atoms with Crippen LogP contribution in [0.25, 0.3) is 0 Å². The van der Waals surface area contributed by atoms with E-state index in [2.05, 4.69) is 0 Å². The molecule has 3 fully saturated rings. The number of methoxy groups -OCH3 is 1. The van der Waals surface area contributed by atoms with E-state index in [1.165, 1.54) is 12.0 Å². The van der Waals surface area contributed by atoms with E-state index in [1.54, 1.807) is 24.3 Å². The number of hydrogen-bond donors (Lipinski definition) is 0. The summed E-state index contributed by atoms with van der Waals surface area (Å²) in [5, 5.41) is 0. The van der Waals surface area contributed by atoms with E-state index in [0.717, 1.165) is 43.4 Å². The van der Waals surface area contributed by atoms with Crippen LogP contribution in [0.4, 0.5) is 13.6 Å². The third kappa shape index (κ3) is 3.67. The lowest BCUT2D eigenvalue weighted by molar-refractivity contribution is -0.179. The Bertz CT molecular complexity index is 771. The molecule has 1 saturated heterocycles. The SMILES string of the molecule is COc1ccc(C2N(C3CCCCC3)C(=O)N(C3CCCCC3)C(=O)C2(F)F)cc1. The van der Waals surface area contributed by atoms with Gasteiger partial charge in [-0.05, 0) is 43.4 Å². The molecule has 30 heavy (non-hydrogen) atoms. The van der Waals surface area contributed by atoms with E-state index in [1.807, 2.05) is 0 Å². The van der Waals surface area contributed by atoms with E-state index in [4.69, 9.17) is 4.74 Å². The average molecular weight is 421 g/mol. The smallest absolute Gasteiger partial charge is 0.349 e. The molecular weight excluding hydrogens is 390 g/mol. The van der Waals surface area contributed by atoms with Crippen molar-refractivity contribution in [3.05, 3.63) is 29.8 Å². The summed E-state index contributed by atoms with van der Waals surface area (Å²) in [6.45, 7) is 0. The number of rotatable bonds is 4. The van der Waals surface area contributed by atoms with Gasteiger partial charge in [-0.2, -0.15) is 8.78 Å². The van der Waals surface area contributed by atoms with Gasteiger partial charge in [0.1, 0.15) is 11.8 Å². The Balaban J connectivity index is 1.75. The fourth-order valence-electron chi connectivity index (χ4n) is 5.32. The summed E-state index contributed by atoms with van der Waals surface area (Å²) in [6.07, 6.45) is 8.22. The molecule has 1 atom stereocenters. The Labute approximate surface area is 176 Å². The second-order valence-corrected chi connectivity index (χ2v) is 8.75. The molecule has 3 amide bonds. The van der Waals surface area contributed by atoms with Crippen LogP contribution in [0.1, 0.15) is 75.8 Å². The molecule has 4 rings (SSSR count). The molecular formula is C23H30F2N2O3. The van der Waals surface area contributed by atoms with Crippen molar-refractivity contribution in [3.63, 3.8) is 0 Å². The zero-order chi connectivity index (χ0) is 21.3. The van der Waals surface area contributed by atoms with Gasteiger partial charge in [-0.25, -0.2) is 4.79 Å². The van der Waals surface area contributed by atoms with Gasteiger partial charge in [0.15, 0.2) is 0 Å². The first kappa shape index (κ1) is 21.1. The number of alkyl halides is 2. The lowest BCUT2D eigenvalue weighted by atomic mass is 9.87. The molecule has 0 radical (unpaired) electrons. The molecule has 1 aromatic carbocycles. The number of hydrogen-bond acceptors (Lipinski definition) is 3. The van der Waals surface area contributed by atoms with Gasteiger partial charge in [0.2, 0.25) is 0 Å². The molecule has 1 aliphatic heterocycles. The third-order valence-corrected chi connectivity index (χ3v) is 6.89. The van der Waals surface area contributed by atoms with Crippen LogP contribution < -0.4 is 4.74 Å². The standard InChI is InChI=1S/C23H30F2N2O3/c1-30-19-14-12-16(13-15-19)20-23(24,25)21(28)27(18-10-6-3-7-11-18)22(29)26(20)17-8-4-2-5-9-17/h12-15,17-18,20H,2-11H2,1H3. The van der Waals surface area contributed by atoms with Crippen LogP contribution in [0, 0.1) is 0 Å². The summed E-state index contributed by atoms with van der Waals surface area (Å²) in [5.41, 5.74) is 0.274. The number of urea groups is 1. The quantitative estimate of drug-likeness (QED) is 0.664. The predicted molar refractivity (Wildman–Crippen MR) is 109 cm³/mol. The van der Waals surface area contributed by atoms with Crippen molar-refractivity contribution in [2.24, 2.45) is 0 Å². The van der Waals surface area contributed by atoms with Crippen molar-refractivity contribution in [1.29, 1.82) is 0 Å². The largest absolute Gasteiger partial charge is 0.497 e. The summed E-state index contributed by atoms with van der Waals surface area (Å²) in [5.74, 6) is -4.46. The molecule has 3 aliphatic rings. The predicted octanol–water partition coefficient (Wildman–Crippen LogP) is 5.30. The molecule has 0 spiro atoms. The molecule has 1 heterocycles. The van der Waals surface area contributed by atoms with E-state index < -0.39 is 29.9 Å². The van der Waals surface area contributed by atoms with Gasteiger partial charge in [-0.1, -0.05) is 50.7 Å². The van der Waals surface area contributed by atoms with E-state index in [0.29, 0.717) is 31.4 Å². The summed E-state index contributed by atoms with van der Waals surface area (Å²) in [6, 6.07) is 3.49. The average Bonchev–Trinajstić information content (AvgIpc) is 2.78. The number of ether oxygens (including phenoxy) is 1. The van der Waals surface area contributed by atoms with Gasteiger partial charge in [0.25, 0.3) is 0 Å². The van der Waals surface area contributed by atoms with Crippen LogP contribution in [-0.4, -0.2) is 46.9 Å². The second kappa shape index (κ2) is 8.52. The number of benzene rings is 1. The van der Waals surface area contributed by atoms with Gasteiger partial charge < -0.3 is 9.64 Å². The van der Waals surface area contributed by atoms with Gasteiger partial charge in [0.05, 0.1) is 7.11 Å². The highest BCUT2D eigenvalue weighted by Gasteiger charge is 2.62. The number of halogens is 2. The Kier molecular flexibility index (Phi) is 5.98. The number of carbonyl (C=O) groups is 2. The number of imide groups is 1. The molecule has 0 N–H and O–H groups in total. The van der Waals surface area contributed by atoms with Gasteiger partial charge >= 0.3 is 17.9 Å². The topological polar surface area (TPSA) is 49.9 Å². The highest BCUT2D eigenvalue weighted by atomic mass is 19.3. The molecule has 164 valence electrons. The Morgan fingerprint density at radius 1 is 0.867 bits per heavy atom. The minimum Gasteiger partial charge on any atom is -0.497 e. The molecule has 5 nitrogen and oxygen atoms in total. The van der Waals surface area contributed by atoms with Crippen molar-refractivity contribution in [1.82, 2.24) is 9.80 Å². The van der Waals surface area contributed by atoms with Gasteiger partial charge in [0, 0.05) is 12.1 Å². The number of amides is 3. The van der Waals surface area contributed by atoms with Gasteiger partial charge in [-0.15, -0.1) is 0 Å². The van der Waals surface area contributed by atoms with Crippen molar-refractivity contribution in [2.75, 3.05) is 7.11 Å². The minimum atomic E-state index is -3.67. The molecule has 2 aliphatic carbocycles. The van der Waals surface area contributed by atoms with Crippen LogP contribution in [-0.2, 0) is 4.79 Å². The summed E-state index contributed by atoms with van der Waals surface area (Å²) < 4.78 is 36.5. The fourth-order valence-corrected chi connectivity index (χ4v) is 5.32. The fraction of sp³-hybridized carbons (Fsp3) is 0.652. The zero-order valence-electron chi connectivity index (χ0n) is 17.5. The first-order chi connectivity index (χ1) is 14.4. The number of carbonyl (C=O) groups excluding carboxylic acids is 2. The van der Waals surface area contributed by atoms with Crippen LogP contribution >= 0.6 is 0 Å². The Morgan fingerprint density at radius 3 is 1.93 bits per heavy atom. The molecule has 7 heteroatoms. The van der Waals surface area contributed by atoms with Crippen molar-refractivity contribution in [2.45, 2.75) is 88.3 Å². The molecule has 1 aromatic rings. The number of nitrogens with zero attached hydrogens (tertiary/aromatic N) is 2. The summed E-state index contributed by atoms with van der Waals surface area (Å²) in [7, 11) is 1.51. The van der Waals surface area contributed by atoms with E-state index >= 15 is 8.78 Å². The normalized spacial score (nSPS) is 26.2. The third-order valence-electron chi connectivity index (χ3n) is 6.89. The lowest BCUT2D eigenvalue weighted by Crippen LogP contribution is -2.67. The maximum absolute atomic E-state index is 15.7. The van der Waals surface area contributed by atoms with Crippen LogP contribution in [0.2, 0.25) is 0 Å². The van der Waals surface area contributed by atoms with Gasteiger partial charge in [-0.3, -0.25) is 9.69 Å². The molecule has 0 bridgehead atoms. The Morgan fingerprint density at radius 2 is 1.40 bits per heavy atom. The van der Waals surface area contributed by atoms with Crippen molar-refractivity contribution in [3.8, 4) is 5.75 Å². The van der Waals surface area contributed by atoms with Crippen molar-refractivity contribution >= 4 is 11.9 Å². The summed E-state index contributed by atoms with van der Waals surface area (Å²) in [4.78, 5) is 28.9. The highest BCUT2D eigenvalue weighted by Crippen LogP contribution is 2.46. The van der Waals surface area contributed by atoms with Crippen LogP contribution in [0.3, 0.4) is 0 Å². The first-order valence-corrected chi connectivity index (χ1v) is 11.1.